The highest BCUT2D eigenvalue weighted by atomic mass is 15.0. The van der Waals surface area contributed by atoms with Gasteiger partial charge >= 0.3 is 0 Å². The Morgan fingerprint density at radius 3 is 1.56 bits per heavy atom. The maximum atomic E-state index is 4.09. The minimum atomic E-state index is 1.16. The van der Waals surface area contributed by atoms with Crippen LogP contribution in [0.25, 0.3) is 11.4 Å². The van der Waals surface area contributed by atoms with Crippen LogP contribution in [0.3, 0.4) is 0 Å². The van der Waals surface area contributed by atoms with Gasteiger partial charge in [0.2, 0.25) is 0 Å². The van der Waals surface area contributed by atoms with Crippen molar-refractivity contribution in [2.24, 2.45) is 0 Å². The quantitative estimate of drug-likeness (QED) is 0.688. The van der Waals surface area contributed by atoms with E-state index in [4.69, 9.17) is 0 Å². The molecule has 0 fully saturated rings. The molecule has 90 valence electrons. The second-order valence-corrected chi connectivity index (χ2v) is 4.29. The molecule has 0 bridgehead atoms. The highest BCUT2D eigenvalue weighted by Gasteiger charge is 2.08. The van der Waals surface area contributed by atoms with Crippen LogP contribution in [0.2, 0.25) is 0 Å². The normalized spacial score (nSPS) is 10.8. The van der Waals surface area contributed by atoms with E-state index in [1.165, 1.54) is 11.1 Å². The van der Waals surface area contributed by atoms with E-state index in [9.17, 15) is 0 Å². The van der Waals surface area contributed by atoms with Crippen LogP contribution in [0.15, 0.2) is 49.6 Å². The van der Waals surface area contributed by atoms with Gasteiger partial charge in [0.15, 0.2) is 0 Å². The number of hydrogen-bond donors (Lipinski definition) is 0. The molecule has 2 heterocycles. The largest absolute Gasteiger partial charge is 0.306 e. The molecule has 3 rings (SSSR count). The van der Waals surface area contributed by atoms with Crippen molar-refractivity contribution in [2.45, 2.75) is 13.8 Å². The minimum absolute atomic E-state index is 1.16. The van der Waals surface area contributed by atoms with Gasteiger partial charge < -0.3 is 9.13 Å². The molecule has 2 aromatic heterocycles. The molecule has 0 N–H and O–H groups in total. The second kappa shape index (κ2) is 4.14. The molecule has 0 spiro atoms. The Balaban J connectivity index is 2.15. The molecule has 0 aliphatic heterocycles. The van der Waals surface area contributed by atoms with Gasteiger partial charge in [0.05, 0.1) is 12.7 Å². The fourth-order valence-corrected chi connectivity index (χ4v) is 2.15. The molecule has 18 heavy (non-hydrogen) atoms. The van der Waals surface area contributed by atoms with Crippen molar-refractivity contribution in [3.05, 3.63) is 60.7 Å². The first-order valence-electron chi connectivity index (χ1n) is 5.84. The van der Waals surface area contributed by atoms with Crippen LogP contribution in [-0.4, -0.2) is 19.1 Å². The second-order valence-electron chi connectivity index (χ2n) is 4.29. The standard InChI is InChI=1S/C14H14N4/c1-11-12(2)14(18-8-6-16-10-18)4-3-13(11)17-7-5-15-9-17/h3-10H,1-2H3. The number of rotatable bonds is 2. The fraction of sp³-hybridized carbons (Fsp3) is 0.143. The Morgan fingerprint density at radius 1 is 0.778 bits per heavy atom. The van der Waals surface area contributed by atoms with E-state index >= 15 is 0 Å². The molecule has 3 aromatic rings. The van der Waals surface area contributed by atoms with Gasteiger partial charge in [-0.3, -0.25) is 0 Å². The van der Waals surface area contributed by atoms with E-state index in [0.717, 1.165) is 11.4 Å². The summed E-state index contributed by atoms with van der Waals surface area (Å²) in [7, 11) is 0. The van der Waals surface area contributed by atoms with Gasteiger partial charge in [0.25, 0.3) is 0 Å². The predicted molar refractivity (Wildman–Crippen MR) is 70.2 cm³/mol. The molecule has 0 aliphatic carbocycles. The van der Waals surface area contributed by atoms with Crippen LogP contribution >= 0.6 is 0 Å². The highest BCUT2D eigenvalue weighted by molar-refractivity contribution is 5.54. The van der Waals surface area contributed by atoms with Gasteiger partial charge in [-0.1, -0.05) is 0 Å². The Kier molecular flexibility index (Phi) is 2.48. The highest BCUT2D eigenvalue weighted by Crippen LogP contribution is 2.23. The van der Waals surface area contributed by atoms with E-state index in [0.29, 0.717) is 0 Å². The van der Waals surface area contributed by atoms with Crippen LogP contribution in [0, 0.1) is 13.8 Å². The number of hydrogen-bond acceptors (Lipinski definition) is 2. The summed E-state index contributed by atoms with van der Waals surface area (Å²) in [6.07, 6.45) is 11.1. The maximum absolute atomic E-state index is 4.09. The van der Waals surface area contributed by atoms with Crippen LogP contribution < -0.4 is 0 Å². The summed E-state index contributed by atoms with van der Waals surface area (Å²) in [6.45, 7) is 4.26. The number of benzene rings is 1. The Morgan fingerprint density at radius 2 is 1.22 bits per heavy atom. The zero-order valence-corrected chi connectivity index (χ0v) is 10.4. The first-order chi connectivity index (χ1) is 8.77. The third-order valence-electron chi connectivity index (χ3n) is 3.30. The van der Waals surface area contributed by atoms with Crippen molar-refractivity contribution in [1.82, 2.24) is 19.1 Å². The molecule has 4 heteroatoms. The van der Waals surface area contributed by atoms with Crippen LogP contribution in [-0.2, 0) is 0 Å². The number of aromatic nitrogens is 4. The molecule has 0 amide bonds. The molecular weight excluding hydrogens is 224 g/mol. The third-order valence-corrected chi connectivity index (χ3v) is 3.30. The summed E-state index contributed by atoms with van der Waals surface area (Å²) in [5, 5.41) is 0. The van der Waals surface area contributed by atoms with Crippen LogP contribution in [0.5, 0.6) is 0 Å². The van der Waals surface area contributed by atoms with Crippen molar-refractivity contribution in [2.75, 3.05) is 0 Å². The lowest BCUT2D eigenvalue weighted by Crippen LogP contribution is -2.01. The lowest BCUT2D eigenvalue weighted by Gasteiger charge is -2.14. The summed E-state index contributed by atoms with van der Waals surface area (Å²) in [5.74, 6) is 0. The average molecular weight is 238 g/mol. The Labute approximate surface area is 106 Å². The van der Waals surface area contributed by atoms with E-state index in [2.05, 4.69) is 35.9 Å². The van der Waals surface area contributed by atoms with Gasteiger partial charge in [0.1, 0.15) is 0 Å². The molecule has 4 nitrogen and oxygen atoms in total. The van der Waals surface area contributed by atoms with Crippen molar-refractivity contribution in [3.8, 4) is 11.4 Å². The van der Waals surface area contributed by atoms with E-state index in [-0.39, 0.29) is 0 Å². The van der Waals surface area contributed by atoms with Gasteiger partial charge in [0, 0.05) is 36.2 Å². The minimum Gasteiger partial charge on any atom is -0.306 e. The molecule has 0 saturated carbocycles. The first-order valence-corrected chi connectivity index (χ1v) is 5.84. The Hall–Kier alpha value is -2.36. The first kappa shape index (κ1) is 10.8. The molecule has 1 aromatic carbocycles. The van der Waals surface area contributed by atoms with Gasteiger partial charge in [-0.05, 0) is 37.1 Å². The summed E-state index contributed by atoms with van der Waals surface area (Å²) in [4.78, 5) is 8.18. The summed E-state index contributed by atoms with van der Waals surface area (Å²) in [5.41, 5.74) is 4.82. The van der Waals surface area contributed by atoms with Crippen LogP contribution in [0.1, 0.15) is 11.1 Å². The van der Waals surface area contributed by atoms with Gasteiger partial charge in [-0.15, -0.1) is 0 Å². The molecule has 0 saturated heterocycles. The Bertz CT molecular complexity index is 592. The molecular formula is C14H14N4. The SMILES string of the molecule is Cc1c(-n2ccnc2)ccc(-n2ccnc2)c1C. The van der Waals surface area contributed by atoms with E-state index in [1.807, 2.05) is 34.2 Å². The topological polar surface area (TPSA) is 35.6 Å². The fourth-order valence-electron chi connectivity index (χ4n) is 2.15. The number of imidazole rings is 2. The summed E-state index contributed by atoms with van der Waals surface area (Å²) < 4.78 is 4.06. The zero-order chi connectivity index (χ0) is 12.5. The summed E-state index contributed by atoms with van der Waals surface area (Å²) >= 11 is 0. The molecule has 0 radical (unpaired) electrons. The lowest BCUT2D eigenvalue weighted by atomic mass is 10.1. The van der Waals surface area contributed by atoms with Gasteiger partial charge in [-0.2, -0.15) is 0 Å². The monoisotopic (exact) mass is 238 g/mol. The maximum Gasteiger partial charge on any atom is 0.0991 e. The molecule has 0 aliphatic rings. The van der Waals surface area contributed by atoms with Crippen molar-refractivity contribution in [3.63, 3.8) is 0 Å². The predicted octanol–water partition coefficient (Wildman–Crippen LogP) is 2.67. The summed E-state index contributed by atoms with van der Waals surface area (Å²) in [6, 6.07) is 4.22. The smallest absolute Gasteiger partial charge is 0.0991 e. The third kappa shape index (κ3) is 1.62. The molecule has 0 atom stereocenters. The zero-order valence-electron chi connectivity index (χ0n) is 10.4. The van der Waals surface area contributed by atoms with Crippen molar-refractivity contribution < 1.29 is 0 Å². The molecule has 0 unspecified atom stereocenters. The van der Waals surface area contributed by atoms with E-state index in [1.54, 1.807) is 12.4 Å². The lowest BCUT2D eigenvalue weighted by molar-refractivity contribution is 0.998. The van der Waals surface area contributed by atoms with Gasteiger partial charge in [-0.25, -0.2) is 9.97 Å². The average Bonchev–Trinajstić information content (AvgIpc) is 3.03. The van der Waals surface area contributed by atoms with Crippen LogP contribution in [0.4, 0.5) is 0 Å². The van der Waals surface area contributed by atoms with E-state index < -0.39 is 0 Å². The van der Waals surface area contributed by atoms with Crippen molar-refractivity contribution >= 4 is 0 Å². The number of nitrogens with zero attached hydrogens (tertiary/aromatic N) is 4. The van der Waals surface area contributed by atoms with Crippen molar-refractivity contribution in [1.29, 1.82) is 0 Å².